The van der Waals surface area contributed by atoms with E-state index in [1.54, 1.807) is 0 Å². The lowest BCUT2D eigenvalue weighted by Crippen LogP contribution is -2.63. The van der Waals surface area contributed by atoms with E-state index in [0.717, 1.165) is 19.5 Å². The van der Waals surface area contributed by atoms with Crippen molar-refractivity contribution in [2.75, 3.05) is 13.1 Å². The predicted octanol–water partition coefficient (Wildman–Crippen LogP) is 3.75. The van der Waals surface area contributed by atoms with Gasteiger partial charge in [-0.05, 0) is 37.3 Å². The molecule has 1 N–H and O–H groups in total. The second-order valence-electron chi connectivity index (χ2n) is 7.15. The predicted molar refractivity (Wildman–Crippen MR) is 89.5 cm³/mol. The van der Waals surface area contributed by atoms with Crippen LogP contribution in [0.2, 0.25) is 0 Å². The quantitative estimate of drug-likeness (QED) is 0.910. The first-order valence-electron chi connectivity index (χ1n) is 8.78. The lowest BCUT2D eigenvalue weighted by molar-refractivity contribution is 0.0573. The topological polar surface area (TPSA) is 15.3 Å². The van der Waals surface area contributed by atoms with Gasteiger partial charge in [0.2, 0.25) is 0 Å². The highest BCUT2D eigenvalue weighted by atomic mass is 15.2. The Morgan fingerprint density at radius 2 is 1.76 bits per heavy atom. The molecule has 0 amide bonds. The van der Waals surface area contributed by atoms with Crippen molar-refractivity contribution in [3.8, 4) is 0 Å². The summed E-state index contributed by atoms with van der Waals surface area (Å²) in [4.78, 5) is 2.70. The first-order valence-corrected chi connectivity index (χ1v) is 8.78. The fourth-order valence-corrected chi connectivity index (χ4v) is 3.98. The molecule has 2 heteroatoms. The molecular weight excluding hydrogens is 256 g/mol. The number of hydrogen-bond acceptors (Lipinski definition) is 2. The van der Waals surface area contributed by atoms with Gasteiger partial charge in [0, 0.05) is 31.2 Å². The molecule has 0 bridgehead atoms. The molecule has 1 aliphatic carbocycles. The third-order valence-corrected chi connectivity index (χ3v) is 5.53. The largest absolute Gasteiger partial charge is 0.308 e. The Morgan fingerprint density at radius 1 is 1.10 bits per heavy atom. The van der Waals surface area contributed by atoms with Crippen LogP contribution in [0.5, 0.6) is 0 Å². The smallest absolute Gasteiger partial charge is 0.0309 e. The monoisotopic (exact) mass is 286 g/mol. The van der Waals surface area contributed by atoms with Crippen LogP contribution in [-0.4, -0.2) is 29.6 Å². The Kier molecular flexibility index (Phi) is 4.66. The Labute approximate surface area is 129 Å². The van der Waals surface area contributed by atoms with Crippen LogP contribution in [0, 0.1) is 0 Å². The Morgan fingerprint density at radius 3 is 2.43 bits per heavy atom. The number of benzene rings is 1. The van der Waals surface area contributed by atoms with Crippen molar-refractivity contribution >= 4 is 0 Å². The van der Waals surface area contributed by atoms with Crippen LogP contribution in [0.3, 0.4) is 0 Å². The third kappa shape index (κ3) is 3.49. The van der Waals surface area contributed by atoms with E-state index in [1.807, 2.05) is 0 Å². The normalized spacial score (nSPS) is 26.1. The van der Waals surface area contributed by atoms with Crippen LogP contribution < -0.4 is 5.32 Å². The Balaban J connectivity index is 1.67. The van der Waals surface area contributed by atoms with Crippen LogP contribution in [0.15, 0.2) is 24.3 Å². The summed E-state index contributed by atoms with van der Waals surface area (Å²) in [5.41, 5.74) is 3.32. The van der Waals surface area contributed by atoms with Gasteiger partial charge in [0.05, 0.1) is 0 Å². The summed E-state index contributed by atoms with van der Waals surface area (Å²) in [5, 5.41) is 3.88. The number of piperazine rings is 1. The molecular formula is C19H30N2. The second kappa shape index (κ2) is 6.50. The molecule has 116 valence electrons. The standard InChI is InChI=1S/C19H30N2/c1-3-17-7-9-18(10-8-17)14-21-15-19(20-13-16(21)2)11-5-4-6-12-19/h7-10,16,20H,3-6,11-15H2,1-2H3. The minimum Gasteiger partial charge on any atom is -0.308 e. The molecule has 1 saturated carbocycles. The molecule has 1 aromatic carbocycles. The molecule has 2 nitrogen and oxygen atoms in total. The summed E-state index contributed by atoms with van der Waals surface area (Å²) in [6.07, 6.45) is 8.10. The van der Waals surface area contributed by atoms with Gasteiger partial charge in [0.1, 0.15) is 0 Å². The van der Waals surface area contributed by atoms with Gasteiger partial charge in [-0.3, -0.25) is 4.90 Å². The molecule has 1 unspecified atom stereocenters. The molecule has 2 fully saturated rings. The number of nitrogens with one attached hydrogen (secondary N) is 1. The summed E-state index contributed by atoms with van der Waals surface area (Å²) in [6.45, 7) is 8.06. The first kappa shape index (κ1) is 15.1. The van der Waals surface area contributed by atoms with Crippen LogP contribution in [0.1, 0.15) is 57.1 Å². The maximum absolute atomic E-state index is 3.88. The van der Waals surface area contributed by atoms with E-state index in [4.69, 9.17) is 0 Å². The number of rotatable bonds is 3. The molecule has 2 aliphatic rings. The zero-order valence-electron chi connectivity index (χ0n) is 13.7. The van der Waals surface area contributed by atoms with E-state index in [-0.39, 0.29) is 0 Å². The maximum Gasteiger partial charge on any atom is 0.0309 e. The molecule has 1 spiro atoms. The van der Waals surface area contributed by atoms with Crippen molar-refractivity contribution in [1.82, 2.24) is 10.2 Å². The van der Waals surface area contributed by atoms with Crippen molar-refractivity contribution in [2.24, 2.45) is 0 Å². The zero-order valence-corrected chi connectivity index (χ0v) is 13.7. The number of nitrogens with zero attached hydrogens (tertiary/aromatic N) is 1. The van der Waals surface area contributed by atoms with E-state index >= 15 is 0 Å². The SMILES string of the molecule is CCc1ccc(CN2CC3(CCCCC3)NCC2C)cc1. The van der Waals surface area contributed by atoms with E-state index < -0.39 is 0 Å². The summed E-state index contributed by atoms with van der Waals surface area (Å²) in [6, 6.07) is 9.86. The fraction of sp³-hybridized carbons (Fsp3) is 0.684. The van der Waals surface area contributed by atoms with E-state index in [1.165, 1.54) is 49.8 Å². The van der Waals surface area contributed by atoms with E-state index in [0.29, 0.717) is 11.6 Å². The lowest BCUT2D eigenvalue weighted by atomic mass is 9.79. The van der Waals surface area contributed by atoms with Crippen molar-refractivity contribution in [2.45, 2.75) is 70.5 Å². The fourth-order valence-electron chi connectivity index (χ4n) is 3.98. The minimum absolute atomic E-state index is 0.411. The molecule has 21 heavy (non-hydrogen) atoms. The summed E-state index contributed by atoms with van der Waals surface area (Å²) in [5.74, 6) is 0. The Bertz CT molecular complexity index is 445. The molecule has 1 aromatic rings. The third-order valence-electron chi connectivity index (χ3n) is 5.53. The average Bonchev–Trinajstić information content (AvgIpc) is 2.53. The van der Waals surface area contributed by atoms with Crippen LogP contribution >= 0.6 is 0 Å². The van der Waals surface area contributed by atoms with Gasteiger partial charge >= 0.3 is 0 Å². The van der Waals surface area contributed by atoms with Gasteiger partial charge in [-0.15, -0.1) is 0 Å². The number of hydrogen-bond donors (Lipinski definition) is 1. The van der Waals surface area contributed by atoms with Crippen LogP contribution in [-0.2, 0) is 13.0 Å². The second-order valence-corrected chi connectivity index (χ2v) is 7.15. The zero-order chi connectivity index (χ0) is 14.7. The highest BCUT2D eigenvalue weighted by molar-refractivity contribution is 5.22. The molecule has 1 heterocycles. The first-order chi connectivity index (χ1) is 10.2. The minimum atomic E-state index is 0.411. The summed E-state index contributed by atoms with van der Waals surface area (Å²) < 4.78 is 0. The molecule has 1 aliphatic heterocycles. The molecule has 1 saturated heterocycles. The van der Waals surface area contributed by atoms with Crippen molar-refractivity contribution < 1.29 is 0 Å². The van der Waals surface area contributed by atoms with Gasteiger partial charge < -0.3 is 5.32 Å². The maximum atomic E-state index is 3.88. The highest BCUT2D eigenvalue weighted by Crippen LogP contribution is 2.32. The van der Waals surface area contributed by atoms with E-state index in [2.05, 4.69) is 48.3 Å². The average molecular weight is 286 g/mol. The molecule has 0 radical (unpaired) electrons. The van der Waals surface area contributed by atoms with Crippen molar-refractivity contribution in [1.29, 1.82) is 0 Å². The molecule has 3 rings (SSSR count). The summed E-state index contributed by atoms with van der Waals surface area (Å²) in [7, 11) is 0. The van der Waals surface area contributed by atoms with Crippen LogP contribution in [0.4, 0.5) is 0 Å². The van der Waals surface area contributed by atoms with Crippen molar-refractivity contribution in [3.63, 3.8) is 0 Å². The highest BCUT2D eigenvalue weighted by Gasteiger charge is 2.38. The van der Waals surface area contributed by atoms with Gasteiger partial charge in [-0.2, -0.15) is 0 Å². The molecule has 0 aromatic heterocycles. The van der Waals surface area contributed by atoms with Crippen LogP contribution in [0.25, 0.3) is 0 Å². The van der Waals surface area contributed by atoms with Crippen molar-refractivity contribution in [3.05, 3.63) is 35.4 Å². The molecule has 1 atom stereocenters. The lowest BCUT2D eigenvalue weighted by Gasteiger charge is -2.49. The van der Waals surface area contributed by atoms with Gasteiger partial charge in [-0.1, -0.05) is 50.5 Å². The van der Waals surface area contributed by atoms with E-state index in [9.17, 15) is 0 Å². The number of aryl methyl sites for hydroxylation is 1. The Hall–Kier alpha value is -0.860. The summed E-state index contributed by atoms with van der Waals surface area (Å²) >= 11 is 0. The van der Waals surface area contributed by atoms with Gasteiger partial charge in [-0.25, -0.2) is 0 Å². The van der Waals surface area contributed by atoms with Gasteiger partial charge in [0.25, 0.3) is 0 Å². The van der Waals surface area contributed by atoms with Gasteiger partial charge in [0.15, 0.2) is 0 Å².